The first kappa shape index (κ1) is 28.8. The summed E-state index contributed by atoms with van der Waals surface area (Å²) in [5.41, 5.74) is 2.12. The van der Waals surface area contributed by atoms with Gasteiger partial charge in [0.25, 0.3) is 0 Å². The zero-order chi connectivity index (χ0) is 25.9. The molecule has 0 amide bonds. The van der Waals surface area contributed by atoms with E-state index in [4.69, 9.17) is 23.7 Å². The van der Waals surface area contributed by atoms with Crippen molar-refractivity contribution in [2.45, 2.75) is 79.1 Å². The van der Waals surface area contributed by atoms with Crippen LogP contribution in [0.2, 0.25) is 0 Å². The first-order valence-corrected chi connectivity index (χ1v) is 13.2. The molecule has 2 rings (SSSR count). The normalized spacial score (nSPS) is 14.6. The van der Waals surface area contributed by atoms with Crippen LogP contribution >= 0.6 is 0 Å². The molecule has 0 N–H and O–H groups in total. The van der Waals surface area contributed by atoms with E-state index in [0.29, 0.717) is 39.6 Å². The average molecular weight is 487 g/mol. The maximum atomic E-state index is 6.47. The first-order chi connectivity index (χ1) is 16.8. The lowest BCUT2D eigenvalue weighted by molar-refractivity contribution is 0.0509. The number of benzene rings is 2. The molecule has 35 heavy (non-hydrogen) atoms. The second kappa shape index (κ2) is 13.6. The molecule has 0 bridgehead atoms. The van der Waals surface area contributed by atoms with Crippen LogP contribution in [-0.4, -0.2) is 39.6 Å². The minimum absolute atomic E-state index is 0.138. The second-order valence-corrected chi connectivity index (χ2v) is 9.38. The molecule has 5 nitrogen and oxygen atoms in total. The van der Waals surface area contributed by atoms with Gasteiger partial charge in [0.05, 0.1) is 39.6 Å². The van der Waals surface area contributed by atoms with Crippen LogP contribution in [0.15, 0.2) is 36.4 Å². The molecule has 0 radical (unpaired) electrons. The van der Waals surface area contributed by atoms with Gasteiger partial charge in [0.15, 0.2) is 23.0 Å². The fourth-order valence-corrected chi connectivity index (χ4v) is 4.13. The van der Waals surface area contributed by atoms with Gasteiger partial charge in [-0.15, -0.1) is 0 Å². The summed E-state index contributed by atoms with van der Waals surface area (Å²) in [5.74, 6) is 3.17. The van der Waals surface area contributed by atoms with E-state index in [1.54, 1.807) is 0 Å². The van der Waals surface area contributed by atoms with Gasteiger partial charge in [-0.1, -0.05) is 39.8 Å². The van der Waals surface area contributed by atoms with Crippen LogP contribution in [0.4, 0.5) is 0 Å². The maximum Gasteiger partial charge on any atom is 0.161 e. The molecule has 2 aromatic rings. The van der Waals surface area contributed by atoms with E-state index in [0.717, 1.165) is 35.8 Å². The van der Waals surface area contributed by atoms with Gasteiger partial charge >= 0.3 is 0 Å². The van der Waals surface area contributed by atoms with Gasteiger partial charge in [-0.25, -0.2) is 0 Å². The van der Waals surface area contributed by atoms with Crippen molar-refractivity contribution < 1.29 is 23.7 Å². The van der Waals surface area contributed by atoms with Crippen molar-refractivity contribution in [2.75, 3.05) is 39.6 Å². The third kappa shape index (κ3) is 7.30. The lowest BCUT2D eigenvalue weighted by atomic mass is 9.79. The lowest BCUT2D eigenvalue weighted by Gasteiger charge is -2.34. The van der Waals surface area contributed by atoms with Gasteiger partial charge in [-0.3, -0.25) is 0 Å². The van der Waals surface area contributed by atoms with Crippen molar-refractivity contribution in [1.82, 2.24) is 0 Å². The van der Waals surface area contributed by atoms with Crippen molar-refractivity contribution in [1.29, 1.82) is 0 Å². The third-order valence-electron chi connectivity index (χ3n) is 6.88. The molecule has 5 heteroatoms. The molecule has 196 valence electrons. The molecular formula is C30H46O5. The maximum absolute atomic E-state index is 6.47. The van der Waals surface area contributed by atoms with E-state index >= 15 is 0 Å². The average Bonchev–Trinajstić information content (AvgIpc) is 2.86. The highest BCUT2D eigenvalue weighted by Crippen LogP contribution is 2.38. The van der Waals surface area contributed by atoms with E-state index in [1.165, 1.54) is 11.1 Å². The molecule has 0 aliphatic carbocycles. The molecular weight excluding hydrogens is 440 g/mol. The topological polar surface area (TPSA) is 46.2 Å². The van der Waals surface area contributed by atoms with Crippen molar-refractivity contribution in [3.63, 3.8) is 0 Å². The Hall–Kier alpha value is -2.40. The Morgan fingerprint density at radius 2 is 0.857 bits per heavy atom. The Kier molecular flexibility index (Phi) is 11.2. The molecule has 2 atom stereocenters. The third-order valence-corrected chi connectivity index (χ3v) is 6.88. The van der Waals surface area contributed by atoms with E-state index < -0.39 is 0 Å². The monoisotopic (exact) mass is 486 g/mol. The van der Waals surface area contributed by atoms with Gasteiger partial charge in [0, 0.05) is 10.8 Å². The smallest absolute Gasteiger partial charge is 0.161 e. The molecule has 0 saturated carbocycles. The van der Waals surface area contributed by atoms with Gasteiger partial charge in [-0.05, 0) is 75.9 Å². The number of rotatable bonds is 16. The standard InChI is InChI=1S/C30H46O5/c1-9-29(7,23-15-17-25(32-11-3)27(19-23)34-13-5)21-31-22-30(8,10-2)24-16-18-26(33-12-4)28(20-24)35-14-6/h15-20H,9-14,21-22H2,1-8H3. The number of ether oxygens (including phenoxy) is 5. The molecule has 2 aromatic carbocycles. The first-order valence-electron chi connectivity index (χ1n) is 13.2. The zero-order valence-electron chi connectivity index (χ0n) is 23.2. The number of hydrogen-bond acceptors (Lipinski definition) is 5. The van der Waals surface area contributed by atoms with Crippen LogP contribution < -0.4 is 18.9 Å². The highest BCUT2D eigenvalue weighted by molar-refractivity contribution is 5.46. The van der Waals surface area contributed by atoms with Crippen LogP contribution in [0.5, 0.6) is 23.0 Å². The molecule has 0 aliphatic rings. The molecule has 0 heterocycles. The Morgan fingerprint density at radius 3 is 1.17 bits per heavy atom. The Morgan fingerprint density at radius 1 is 0.514 bits per heavy atom. The minimum atomic E-state index is -0.138. The van der Waals surface area contributed by atoms with Gasteiger partial charge < -0.3 is 23.7 Å². The SMILES string of the molecule is CCOc1ccc(C(C)(CC)COCC(C)(CC)c2ccc(OCC)c(OCC)c2)cc1OCC. The number of hydrogen-bond donors (Lipinski definition) is 0. The van der Waals surface area contributed by atoms with E-state index in [1.807, 2.05) is 39.8 Å². The van der Waals surface area contributed by atoms with Crippen molar-refractivity contribution in [3.8, 4) is 23.0 Å². The second-order valence-electron chi connectivity index (χ2n) is 9.38. The minimum Gasteiger partial charge on any atom is -0.490 e. The van der Waals surface area contributed by atoms with Crippen LogP contribution in [0.1, 0.15) is 79.4 Å². The summed E-state index contributed by atoms with van der Waals surface area (Å²) in [6, 6.07) is 12.5. The molecule has 0 aromatic heterocycles. The highest BCUT2D eigenvalue weighted by atomic mass is 16.5. The summed E-state index contributed by atoms with van der Waals surface area (Å²) in [6.07, 6.45) is 1.90. The molecule has 2 unspecified atom stereocenters. The Bertz CT molecular complexity index is 838. The highest BCUT2D eigenvalue weighted by Gasteiger charge is 2.30. The summed E-state index contributed by atoms with van der Waals surface area (Å²) in [7, 11) is 0. The van der Waals surface area contributed by atoms with E-state index in [9.17, 15) is 0 Å². The molecule has 0 saturated heterocycles. The molecule has 0 fully saturated rings. The molecule has 0 aliphatic heterocycles. The van der Waals surface area contributed by atoms with Crippen molar-refractivity contribution in [3.05, 3.63) is 47.5 Å². The van der Waals surface area contributed by atoms with Crippen LogP contribution in [-0.2, 0) is 15.6 Å². The predicted octanol–water partition coefficient (Wildman–Crippen LogP) is 7.33. The fraction of sp³-hybridized carbons (Fsp3) is 0.600. The van der Waals surface area contributed by atoms with E-state index in [2.05, 4.69) is 52.0 Å². The quantitative estimate of drug-likeness (QED) is 0.248. The molecule has 0 spiro atoms. The van der Waals surface area contributed by atoms with Crippen LogP contribution in [0.25, 0.3) is 0 Å². The van der Waals surface area contributed by atoms with Crippen molar-refractivity contribution >= 4 is 0 Å². The van der Waals surface area contributed by atoms with Crippen LogP contribution in [0.3, 0.4) is 0 Å². The van der Waals surface area contributed by atoms with Crippen molar-refractivity contribution in [2.24, 2.45) is 0 Å². The fourth-order valence-electron chi connectivity index (χ4n) is 4.13. The van der Waals surface area contributed by atoms with E-state index in [-0.39, 0.29) is 10.8 Å². The van der Waals surface area contributed by atoms with Gasteiger partial charge in [0.1, 0.15) is 0 Å². The summed E-state index contributed by atoms with van der Waals surface area (Å²) >= 11 is 0. The zero-order valence-corrected chi connectivity index (χ0v) is 23.2. The summed E-state index contributed by atoms with van der Waals surface area (Å²) in [5, 5.41) is 0. The van der Waals surface area contributed by atoms with Crippen LogP contribution in [0, 0.1) is 0 Å². The van der Waals surface area contributed by atoms with Gasteiger partial charge in [-0.2, -0.15) is 0 Å². The Balaban J connectivity index is 2.22. The lowest BCUT2D eigenvalue weighted by Crippen LogP contribution is -2.33. The summed E-state index contributed by atoms with van der Waals surface area (Å²) in [6.45, 7) is 20.5. The van der Waals surface area contributed by atoms with Gasteiger partial charge in [0.2, 0.25) is 0 Å². The largest absolute Gasteiger partial charge is 0.490 e. The summed E-state index contributed by atoms with van der Waals surface area (Å²) in [4.78, 5) is 0. The Labute approximate surface area is 213 Å². The predicted molar refractivity (Wildman–Crippen MR) is 144 cm³/mol. The summed E-state index contributed by atoms with van der Waals surface area (Å²) < 4.78 is 29.7.